The summed E-state index contributed by atoms with van der Waals surface area (Å²) in [6, 6.07) is 15.8. The zero-order chi connectivity index (χ0) is 46.9. The number of amides is 4. The molecule has 0 bridgehead atoms. The maximum absolute atomic E-state index is 14.4. The standard InChI is InChI=1S/C48H61N7O10/c1-9-32-27-55(45(57)39-25-33-24-35(17-18-37(33)64-39)62-23-22-52(4)5)36-26-38(43-42(41(32)36)40(30(3)50-43)46(58)61-8)65-48(60)54(7)21-20-53(6)47(59)63-28-31-13-15-34(16-14-31)51-44(56)29(2)12-10-11-19-49/h13-18,24-26,29,32,50H,9-12,19-23,27-28,49H2,1-8H3,(H,51,56)/t29?,32-/m1/s1. The fraction of sp³-hybridized carbons (Fsp3) is 0.438. The monoisotopic (exact) mass is 895 g/mol. The van der Waals surface area contributed by atoms with Gasteiger partial charge in [0.05, 0.1) is 23.9 Å². The Morgan fingerprint density at radius 1 is 0.954 bits per heavy atom. The number of nitrogens with zero attached hydrogens (tertiary/aromatic N) is 4. The molecule has 1 aliphatic heterocycles. The fourth-order valence-electron chi connectivity index (χ4n) is 7.77. The number of aryl methyl sites for hydroxylation is 1. The number of rotatable bonds is 19. The number of hydrogen-bond acceptors (Lipinski definition) is 12. The molecule has 17 nitrogen and oxygen atoms in total. The van der Waals surface area contributed by atoms with Crippen molar-refractivity contribution in [1.29, 1.82) is 0 Å². The molecule has 5 aromatic rings. The van der Waals surface area contributed by atoms with Crippen molar-refractivity contribution in [2.75, 3.05) is 84.8 Å². The number of anilines is 2. The molecule has 0 saturated heterocycles. The number of aromatic nitrogens is 1. The number of hydrogen-bond donors (Lipinski definition) is 3. The van der Waals surface area contributed by atoms with E-state index in [-0.39, 0.29) is 54.5 Å². The van der Waals surface area contributed by atoms with Gasteiger partial charge in [-0.1, -0.05) is 32.4 Å². The first-order chi connectivity index (χ1) is 31.1. The first-order valence-corrected chi connectivity index (χ1v) is 21.9. The highest BCUT2D eigenvalue weighted by molar-refractivity contribution is 6.14. The molecule has 3 aromatic carbocycles. The molecule has 4 N–H and O–H groups in total. The normalized spacial score (nSPS) is 13.8. The molecule has 4 amide bonds. The highest BCUT2D eigenvalue weighted by Gasteiger charge is 2.39. The second-order valence-corrected chi connectivity index (χ2v) is 16.8. The third-order valence-corrected chi connectivity index (χ3v) is 11.7. The lowest BCUT2D eigenvalue weighted by atomic mass is 9.93. The number of nitrogens with two attached hydrogens (primary N) is 1. The van der Waals surface area contributed by atoms with Crippen LogP contribution in [0.3, 0.4) is 0 Å². The number of likely N-dealkylation sites (N-methyl/N-ethyl adjacent to an activating group) is 3. The maximum atomic E-state index is 14.4. The van der Waals surface area contributed by atoms with E-state index in [1.165, 1.54) is 24.0 Å². The van der Waals surface area contributed by atoms with Crippen molar-refractivity contribution >= 4 is 63.2 Å². The van der Waals surface area contributed by atoms with Gasteiger partial charge in [0.1, 0.15) is 24.5 Å². The van der Waals surface area contributed by atoms with E-state index in [1.54, 1.807) is 67.4 Å². The average molecular weight is 896 g/mol. The van der Waals surface area contributed by atoms with E-state index in [9.17, 15) is 24.0 Å². The zero-order valence-corrected chi connectivity index (χ0v) is 38.6. The van der Waals surface area contributed by atoms with Crippen LogP contribution >= 0.6 is 0 Å². The summed E-state index contributed by atoms with van der Waals surface area (Å²) in [5.74, 6) is -0.478. The molecule has 3 heterocycles. The molecule has 0 aliphatic carbocycles. The van der Waals surface area contributed by atoms with Crippen molar-refractivity contribution in [3.63, 3.8) is 0 Å². The Kier molecular flexibility index (Phi) is 15.8. The van der Waals surface area contributed by atoms with Crippen LogP contribution in [0.4, 0.5) is 21.0 Å². The van der Waals surface area contributed by atoms with E-state index in [4.69, 9.17) is 29.1 Å². The van der Waals surface area contributed by atoms with Gasteiger partial charge in [0.25, 0.3) is 5.91 Å². The number of aromatic amines is 1. The number of carbonyl (C=O) groups is 5. The largest absolute Gasteiger partial charge is 0.492 e. The first-order valence-electron chi connectivity index (χ1n) is 21.9. The molecule has 1 aliphatic rings. The third-order valence-electron chi connectivity index (χ3n) is 11.7. The van der Waals surface area contributed by atoms with Gasteiger partial charge in [-0.25, -0.2) is 14.4 Å². The molecule has 17 heteroatoms. The Balaban J connectivity index is 1.14. The van der Waals surface area contributed by atoms with E-state index in [1.807, 2.05) is 38.9 Å². The summed E-state index contributed by atoms with van der Waals surface area (Å²) in [5.41, 5.74) is 9.89. The molecule has 2 aromatic heterocycles. The molecule has 348 valence electrons. The molecular weight excluding hydrogens is 835 g/mol. The van der Waals surface area contributed by atoms with Crippen molar-refractivity contribution in [3.8, 4) is 11.5 Å². The van der Waals surface area contributed by atoms with E-state index in [0.717, 1.165) is 36.9 Å². The molecule has 65 heavy (non-hydrogen) atoms. The van der Waals surface area contributed by atoms with E-state index >= 15 is 0 Å². The highest BCUT2D eigenvalue weighted by Crippen LogP contribution is 2.48. The van der Waals surface area contributed by atoms with Crippen LogP contribution in [-0.2, 0) is 20.9 Å². The molecule has 0 spiro atoms. The number of fused-ring (bicyclic) bond motifs is 4. The Morgan fingerprint density at radius 3 is 2.35 bits per heavy atom. The summed E-state index contributed by atoms with van der Waals surface area (Å²) < 4.78 is 28.7. The van der Waals surface area contributed by atoms with Crippen LogP contribution in [0.2, 0.25) is 0 Å². The van der Waals surface area contributed by atoms with Crippen molar-refractivity contribution in [2.24, 2.45) is 11.7 Å². The second kappa shape index (κ2) is 21.4. The quantitative estimate of drug-likeness (QED) is 0.0545. The van der Waals surface area contributed by atoms with Crippen LogP contribution in [0.15, 0.2) is 59.0 Å². The topological polar surface area (TPSA) is 202 Å². The predicted octanol–water partition coefficient (Wildman–Crippen LogP) is 7.51. The van der Waals surface area contributed by atoms with Gasteiger partial charge in [-0.2, -0.15) is 0 Å². The van der Waals surface area contributed by atoms with Gasteiger partial charge in [-0.3, -0.25) is 9.59 Å². The smallest absolute Gasteiger partial charge is 0.415 e. The molecular formula is C48H61N7O10. The molecule has 6 rings (SSSR count). The summed E-state index contributed by atoms with van der Waals surface area (Å²) in [5, 5.41) is 4.13. The minimum absolute atomic E-state index is 0.00413. The highest BCUT2D eigenvalue weighted by atomic mass is 16.6. The van der Waals surface area contributed by atoms with Crippen LogP contribution < -0.4 is 25.4 Å². The molecule has 2 atom stereocenters. The van der Waals surface area contributed by atoms with Crippen LogP contribution in [-0.4, -0.2) is 124 Å². The Bertz CT molecular complexity index is 2510. The Hall–Kier alpha value is -6.59. The molecule has 0 fully saturated rings. The van der Waals surface area contributed by atoms with Gasteiger partial charge in [-0.05, 0) is 94.4 Å². The fourth-order valence-corrected chi connectivity index (χ4v) is 7.77. The van der Waals surface area contributed by atoms with Crippen molar-refractivity contribution in [1.82, 2.24) is 19.7 Å². The van der Waals surface area contributed by atoms with Crippen molar-refractivity contribution < 1.29 is 47.3 Å². The van der Waals surface area contributed by atoms with Gasteiger partial charge >= 0.3 is 18.2 Å². The number of benzene rings is 3. The number of furan rings is 1. The van der Waals surface area contributed by atoms with E-state index in [2.05, 4.69) is 10.3 Å². The second-order valence-electron chi connectivity index (χ2n) is 16.8. The number of nitrogens with one attached hydrogen (secondary N) is 2. The van der Waals surface area contributed by atoms with Gasteiger partial charge in [0, 0.05) is 80.3 Å². The van der Waals surface area contributed by atoms with E-state index < -0.39 is 24.1 Å². The number of ether oxygens (including phenoxy) is 4. The Labute approximate surface area is 379 Å². The van der Waals surface area contributed by atoms with Crippen molar-refractivity contribution in [2.45, 2.75) is 59.0 Å². The minimum Gasteiger partial charge on any atom is -0.492 e. The van der Waals surface area contributed by atoms with Crippen molar-refractivity contribution in [3.05, 3.63) is 82.7 Å². The summed E-state index contributed by atoms with van der Waals surface area (Å²) in [4.78, 5) is 76.4. The van der Waals surface area contributed by atoms with Crippen LogP contribution in [0.5, 0.6) is 11.5 Å². The van der Waals surface area contributed by atoms with Crippen LogP contribution in [0.1, 0.15) is 83.2 Å². The molecule has 0 radical (unpaired) electrons. The lowest BCUT2D eigenvalue weighted by Gasteiger charge is -2.22. The van der Waals surface area contributed by atoms with E-state index in [0.29, 0.717) is 70.8 Å². The number of H-pyrrole nitrogens is 1. The zero-order valence-electron chi connectivity index (χ0n) is 38.6. The van der Waals surface area contributed by atoms with Gasteiger partial charge in [0.15, 0.2) is 11.5 Å². The Morgan fingerprint density at radius 2 is 1.68 bits per heavy atom. The lowest BCUT2D eigenvalue weighted by molar-refractivity contribution is -0.119. The van der Waals surface area contributed by atoms with Gasteiger partial charge in [0.2, 0.25) is 5.91 Å². The number of carbonyl (C=O) groups excluding carboxylic acids is 5. The minimum atomic E-state index is -0.735. The summed E-state index contributed by atoms with van der Waals surface area (Å²) in [7, 11) is 8.34. The first kappa shape index (κ1) is 47.9. The molecule has 0 saturated carbocycles. The van der Waals surface area contributed by atoms with Crippen LogP contribution in [0, 0.1) is 12.8 Å². The third kappa shape index (κ3) is 11.2. The summed E-state index contributed by atoms with van der Waals surface area (Å²) in [6.45, 7) is 7.98. The van der Waals surface area contributed by atoms with Crippen LogP contribution in [0.25, 0.3) is 21.9 Å². The SMILES string of the molecule is CC[C@@H]1CN(C(=O)c2cc3cc(OCCN(C)C)ccc3o2)c2cc(OC(=O)N(C)CCN(C)C(=O)OCc3ccc(NC(=O)C(C)CCCCN)cc3)c3[nH]c(C)c(C(=O)OC)c3c21. The number of unbranched alkanes of at least 4 members (excludes halogenated alkanes) is 1. The molecule has 1 unspecified atom stereocenters. The number of esters is 1. The maximum Gasteiger partial charge on any atom is 0.415 e. The summed E-state index contributed by atoms with van der Waals surface area (Å²) >= 11 is 0. The average Bonchev–Trinajstić information content (AvgIpc) is 3.99. The predicted molar refractivity (Wildman–Crippen MR) is 248 cm³/mol. The van der Waals surface area contributed by atoms with Gasteiger partial charge < -0.3 is 59.0 Å². The summed E-state index contributed by atoms with van der Waals surface area (Å²) in [6.07, 6.45) is 1.84. The van der Waals surface area contributed by atoms with Gasteiger partial charge in [-0.15, -0.1) is 0 Å². The lowest BCUT2D eigenvalue weighted by Crippen LogP contribution is -2.38. The number of methoxy groups -OCH3 is 1.